The Morgan fingerprint density at radius 2 is 1.77 bits per heavy atom. The minimum atomic E-state index is -1.20. The lowest BCUT2D eigenvalue weighted by atomic mass is 9.94. The van der Waals surface area contributed by atoms with Crippen LogP contribution in [-0.4, -0.2) is 41.8 Å². The first kappa shape index (κ1) is 21.7. The van der Waals surface area contributed by atoms with Crippen LogP contribution in [0.5, 0.6) is 0 Å². The molecule has 1 rings (SSSR count). The van der Waals surface area contributed by atoms with Gasteiger partial charge in [0.1, 0.15) is 12.7 Å². The van der Waals surface area contributed by atoms with E-state index in [1.165, 1.54) is 20.8 Å². The van der Waals surface area contributed by atoms with Crippen molar-refractivity contribution in [3.63, 3.8) is 0 Å². The number of hydrogen-bond donors (Lipinski definition) is 2. The standard InChI is InChI=1S/C18H28N2O6/c1-11(25-13(3)22)15-8-9-19-18(10-24-12(2)21,20-17(5,6)7)16(15)26-14(4)23/h8-9,11,19-20H,10H2,1-7H3. The molecule has 0 bridgehead atoms. The Labute approximate surface area is 153 Å². The zero-order chi connectivity index (χ0) is 20.1. The summed E-state index contributed by atoms with van der Waals surface area (Å²) in [5.41, 5.74) is -1.15. The number of carbonyl (C=O) groups is 3. The van der Waals surface area contributed by atoms with Crippen LogP contribution in [0.3, 0.4) is 0 Å². The number of ether oxygens (including phenoxy) is 3. The minimum Gasteiger partial charge on any atom is -0.461 e. The third-order valence-electron chi connectivity index (χ3n) is 3.35. The van der Waals surface area contributed by atoms with Crippen molar-refractivity contribution in [1.82, 2.24) is 10.6 Å². The Kier molecular flexibility index (Phi) is 6.97. The summed E-state index contributed by atoms with van der Waals surface area (Å²) in [4.78, 5) is 34.5. The molecule has 0 aromatic rings. The number of nitrogens with one attached hydrogen (secondary N) is 2. The lowest BCUT2D eigenvalue weighted by Crippen LogP contribution is -2.66. The molecule has 0 fully saturated rings. The molecule has 2 N–H and O–H groups in total. The number of hydrogen-bond acceptors (Lipinski definition) is 8. The van der Waals surface area contributed by atoms with E-state index in [4.69, 9.17) is 14.2 Å². The van der Waals surface area contributed by atoms with Gasteiger partial charge in [0.2, 0.25) is 0 Å². The second-order valence-corrected chi connectivity index (χ2v) is 7.17. The van der Waals surface area contributed by atoms with Crippen LogP contribution in [0, 0.1) is 0 Å². The predicted molar refractivity (Wildman–Crippen MR) is 94.5 cm³/mol. The second kappa shape index (κ2) is 8.35. The van der Waals surface area contributed by atoms with Crippen molar-refractivity contribution >= 4 is 17.9 Å². The lowest BCUT2D eigenvalue weighted by Gasteiger charge is -2.43. The molecule has 0 saturated heterocycles. The maximum Gasteiger partial charge on any atom is 0.307 e. The molecule has 0 aromatic carbocycles. The molecular weight excluding hydrogens is 340 g/mol. The van der Waals surface area contributed by atoms with Crippen LogP contribution in [0.4, 0.5) is 0 Å². The Morgan fingerprint density at radius 1 is 1.15 bits per heavy atom. The summed E-state index contributed by atoms with van der Waals surface area (Å²) in [6.07, 6.45) is 2.62. The van der Waals surface area contributed by atoms with Gasteiger partial charge in [-0.25, -0.2) is 0 Å². The van der Waals surface area contributed by atoms with Gasteiger partial charge >= 0.3 is 17.9 Å². The van der Waals surface area contributed by atoms with Crippen molar-refractivity contribution < 1.29 is 28.6 Å². The zero-order valence-electron chi connectivity index (χ0n) is 16.4. The van der Waals surface area contributed by atoms with Crippen LogP contribution < -0.4 is 10.6 Å². The molecule has 2 atom stereocenters. The molecule has 1 aliphatic rings. The topological polar surface area (TPSA) is 103 Å². The van der Waals surface area contributed by atoms with Crippen molar-refractivity contribution in [2.75, 3.05) is 6.61 Å². The quantitative estimate of drug-likeness (QED) is 0.537. The van der Waals surface area contributed by atoms with E-state index in [1.54, 1.807) is 19.2 Å². The fourth-order valence-corrected chi connectivity index (χ4v) is 2.67. The van der Waals surface area contributed by atoms with Crippen molar-refractivity contribution in [3.8, 4) is 0 Å². The van der Waals surface area contributed by atoms with Gasteiger partial charge in [-0.3, -0.25) is 19.7 Å². The van der Waals surface area contributed by atoms with E-state index >= 15 is 0 Å². The van der Waals surface area contributed by atoms with Gasteiger partial charge < -0.3 is 19.5 Å². The van der Waals surface area contributed by atoms with Gasteiger partial charge in [-0.15, -0.1) is 0 Å². The molecular formula is C18H28N2O6. The normalized spacial score (nSPS) is 20.9. The molecule has 2 unspecified atom stereocenters. The van der Waals surface area contributed by atoms with Crippen molar-refractivity contribution in [1.29, 1.82) is 0 Å². The molecule has 0 saturated carbocycles. The van der Waals surface area contributed by atoms with Gasteiger partial charge in [-0.05, 0) is 40.0 Å². The minimum absolute atomic E-state index is 0.136. The van der Waals surface area contributed by atoms with Gasteiger partial charge in [0.25, 0.3) is 0 Å². The summed E-state index contributed by atoms with van der Waals surface area (Å²) in [6, 6.07) is 0. The number of esters is 3. The van der Waals surface area contributed by atoms with Crippen LogP contribution in [0.25, 0.3) is 0 Å². The predicted octanol–water partition coefficient (Wildman–Crippen LogP) is 1.52. The smallest absolute Gasteiger partial charge is 0.307 e. The third-order valence-corrected chi connectivity index (χ3v) is 3.35. The summed E-state index contributed by atoms with van der Waals surface area (Å²) >= 11 is 0. The highest BCUT2D eigenvalue weighted by atomic mass is 16.6. The molecule has 0 radical (unpaired) electrons. The fraction of sp³-hybridized carbons (Fsp3) is 0.611. The Balaban J connectivity index is 3.48. The summed E-state index contributed by atoms with van der Waals surface area (Å²) in [6.45, 7) is 11.2. The van der Waals surface area contributed by atoms with E-state index in [9.17, 15) is 14.4 Å². The highest BCUT2D eigenvalue weighted by Gasteiger charge is 2.44. The average Bonchev–Trinajstić information content (AvgIpc) is 2.44. The van der Waals surface area contributed by atoms with Crippen LogP contribution in [0.2, 0.25) is 0 Å². The molecule has 8 nitrogen and oxygen atoms in total. The van der Waals surface area contributed by atoms with Crippen molar-refractivity contribution in [2.24, 2.45) is 0 Å². The van der Waals surface area contributed by atoms with E-state index in [2.05, 4.69) is 10.6 Å². The molecule has 8 heteroatoms. The first-order chi connectivity index (χ1) is 11.9. The molecule has 1 heterocycles. The maximum absolute atomic E-state index is 11.7. The molecule has 1 aliphatic heterocycles. The first-order valence-corrected chi connectivity index (χ1v) is 8.33. The van der Waals surface area contributed by atoms with E-state index in [-0.39, 0.29) is 12.4 Å². The van der Waals surface area contributed by atoms with Gasteiger partial charge in [0.05, 0.1) is 0 Å². The van der Waals surface area contributed by atoms with E-state index in [1.807, 2.05) is 20.8 Å². The lowest BCUT2D eigenvalue weighted by molar-refractivity contribution is -0.145. The highest BCUT2D eigenvalue weighted by Crippen LogP contribution is 2.30. The zero-order valence-corrected chi connectivity index (χ0v) is 16.4. The Hall–Kier alpha value is -2.35. The summed E-state index contributed by atoms with van der Waals surface area (Å²) in [7, 11) is 0. The summed E-state index contributed by atoms with van der Waals surface area (Å²) in [5, 5.41) is 6.40. The summed E-state index contributed by atoms with van der Waals surface area (Å²) < 4.78 is 16.0. The van der Waals surface area contributed by atoms with Crippen molar-refractivity contribution in [3.05, 3.63) is 23.6 Å². The van der Waals surface area contributed by atoms with Gasteiger partial charge in [-0.2, -0.15) is 0 Å². The number of dihydropyridines is 1. The third kappa shape index (κ3) is 6.18. The number of rotatable bonds is 6. The second-order valence-electron chi connectivity index (χ2n) is 7.17. The number of carbonyl (C=O) groups excluding carboxylic acids is 3. The molecule has 0 aromatic heterocycles. The molecule has 26 heavy (non-hydrogen) atoms. The van der Waals surface area contributed by atoms with E-state index in [0.717, 1.165) is 0 Å². The van der Waals surface area contributed by atoms with Crippen LogP contribution in [-0.2, 0) is 28.6 Å². The Morgan fingerprint density at radius 3 is 2.23 bits per heavy atom. The molecule has 0 spiro atoms. The van der Waals surface area contributed by atoms with Crippen LogP contribution >= 0.6 is 0 Å². The van der Waals surface area contributed by atoms with Crippen LogP contribution in [0.15, 0.2) is 23.6 Å². The SMILES string of the molecule is CC(=O)OCC1(NC(C)(C)C)NC=CC(C(C)OC(C)=O)=C1OC(C)=O. The van der Waals surface area contributed by atoms with Gasteiger partial charge in [0, 0.05) is 31.9 Å². The van der Waals surface area contributed by atoms with E-state index in [0.29, 0.717) is 5.57 Å². The van der Waals surface area contributed by atoms with Crippen molar-refractivity contribution in [2.45, 2.75) is 65.8 Å². The maximum atomic E-state index is 11.7. The summed E-state index contributed by atoms with van der Waals surface area (Å²) in [5.74, 6) is -1.30. The highest BCUT2D eigenvalue weighted by molar-refractivity contribution is 5.69. The molecule has 0 amide bonds. The average molecular weight is 368 g/mol. The fourth-order valence-electron chi connectivity index (χ4n) is 2.67. The Bertz CT molecular complexity index is 632. The molecule has 146 valence electrons. The van der Waals surface area contributed by atoms with Gasteiger partial charge in [0.15, 0.2) is 11.4 Å². The first-order valence-electron chi connectivity index (χ1n) is 8.33. The monoisotopic (exact) mass is 368 g/mol. The molecule has 0 aliphatic carbocycles. The van der Waals surface area contributed by atoms with Crippen LogP contribution in [0.1, 0.15) is 48.5 Å². The van der Waals surface area contributed by atoms with E-state index < -0.39 is 35.2 Å². The largest absolute Gasteiger partial charge is 0.461 e. The van der Waals surface area contributed by atoms with Gasteiger partial charge in [-0.1, -0.05) is 0 Å².